The third kappa shape index (κ3) is 3.60. The van der Waals surface area contributed by atoms with Crippen LogP contribution in [0.5, 0.6) is 0 Å². The zero-order valence-corrected chi connectivity index (χ0v) is 17.1. The van der Waals surface area contributed by atoms with Crippen molar-refractivity contribution in [3.63, 3.8) is 0 Å². The number of carbonyl (C=O) groups excluding carboxylic acids is 1. The zero-order valence-electron chi connectivity index (χ0n) is 17.1. The summed E-state index contributed by atoms with van der Waals surface area (Å²) in [7, 11) is 0. The first-order valence-corrected chi connectivity index (χ1v) is 11.1. The van der Waals surface area contributed by atoms with Crippen molar-refractivity contribution >= 4 is 11.8 Å². The van der Waals surface area contributed by atoms with E-state index in [-0.39, 0.29) is 10.8 Å². The van der Waals surface area contributed by atoms with E-state index in [4.69, 9.17) is 0 Å². The minimum atomic E-state index is -0.660. The maximum atomic E-state index is 12.6. The minimum Gasteiger partial charge on any atom is -0.481 e. The molecule has 3 nitrogen and oxygen atoms in total. The number of Topliss-reactive ketones (excluding diaryl/α,β-unsaturated/α-hetero) is 1. The molecule has 0 bridgehead atoms. The summed E-state index contributed by atoms with van der Waals surface area (Å²) >= 11 is 0. The van der Waals surface area contributed by atoms with E-state index in [2.05, 4.69) is 20.8 Å². The topological polar surface area (TPSA) is 54.4 Å². The molecule has 3 aliphatic rings. The minimum absolute atomic E-state index is 0.0832. The third-order valence-corrected chi connectivity index (χ3v) is 8.53. The van der Waals surface area contributed by atoms with Crippen molar-refractivity contribution in [1.82, 2.24) is 0 Å². The number of unbranched alkanes of at least 4 members (excludes halogenated alkanes) is 2. The van der Waals surface area contributed by atoms with Gasteiger partial charge in [0.2, 0.25) is 0 Å². The van der Waals surface area contributed by atoms with Gasteiger partial charge in [-0.1, -0.05) is 46.5 Å². The monoisotopic (exact) mass is 362 g/mol. The van der Waals surface area contributed by atoms with E-state index in [0.717, 1.165) is 38.0 Å². The molecule has 3 rings (SSSR count). The van der Waals surface area contributed by atoms with Crippen molar-refractivity contribution in [3.05, 3.63) is 0 Å². The molecule has 0 aromatic rings. The number of fused-ring (bicyclic) bond motifs is 3. The van der Waals surface area contributed by atoms with E-state index in [1.807, 2.05) is 0 Å². The second kappa shape index (κ2) is 7.64. The van der Waals surface area contributed by atoms with Crippen molar-refractivity contribution in [1.29, 1.82) is 0 Å². The number of ketones is 1. The molecule has 0 spiro atoms. The van der Waals surface area contributed by atoms with Crippen LogP contribution in [0.2, 0.25) is 0 Å². The van der Waals surface area contributed by atoms with Gasteiger partial charge in [0.25, 0.3) is 0 Å². The summed E-state index contributed by atoms with van der Waals surface area (Å²) in [6, 6.07) is 0. The fourth-order valence-corrected chi connectivity index (χ4v) is 7.11. The van der Waals surface area contributed by atoms with Crippen LogP contribution in [0.25, 0.3) is 0 Å². The Labute approximate surface area is 159 Å². The molecular weight excluding hydrogens is 324 g/mol. The van der Waals surface area contributed by atoms with Gasteiger partial charge in [-0.15, -0.1) is 0 Å². The molecule has 0 aromatic carbocycles. The van der Waals surface area contributed by atoms with Gasteiger partial charge in [-0.2, -0.15) is 0 Å². The van der Waals surface area contributed by atoms with Crippen LogP contribution in [0.4, 0.5) is 0 Å². The first kappa shape index (κ1) is 19.9. The number of carboxylic acids is 1. The lowest BCUT2D eigenvalue weighted by Crippen LogP contribution is -2.50. The van der Waals surface area contributed by atoms with Gasteiger partial charge in [0.15, 0.2) is 0 Å². The Balaban J connectivity index is 1.81. The van der Waals surface area contributed by atoms with E-state index in [0.29, 0.717) is 30.0 Å². The van der Waals surface area contributed by atoms with Crippen LogP contribution >= 0.6 is 0 Å². The quantitative estimate of drug-likeness (QED) is 0.577. The molecule has 0 amide bonds. The molecule has 1 N–H and O–H groups in total. The average molecular weight is 363 g/mol. The van der Waals surface area contributed by atoms with E-state index in [9.17, 15) is 14.7 Å². The molecular formula is C23H38O3. The predicted molar refractivity (Wildman–Crippen MR) is 104 cm³/mol. The number of rotatable bonds is 7. The van der Waals surface area contributed by atoms with E-state index in [1.165, 1.54) is 38.5 Å². The molecule has 0 heterocycles. The van der Waals surface area contributed by atoms with Crippen LogP contribution in [0.15, 0.2) is 0 Å². The number of hydrogen-bond acceptors (Lipinski definition) is 2. The molecule has 0 unspecified atom stereocenters. The number of hydrogen-bond donors (Lipinski definition) is 1. The van der Waals surface area contributed by atoms with Crippen molar-refractivity contribution < 1.29 is 14.7 Å². The number of aliphatic carboxylic acids is 1. The molecule has 148 valence electrons. The van der Waals surface area contributed by atoms with Crippen LogP contribution in [-0.2, 0) is 9.59 Å². The summed E-state index contributed by atoms with van der Waals surface area (Å²) in [6.45, 7) is 6.86. The van der Waals surface area contributed by atoms with Crippen LogP contribution in [0, 0.1) is 34.5 Å². The lowest BCUT2D eigenvalue weighted by Gasteiger charge is -2.57. The van der Waals surface area contributed by atoms with Crippen molar-refractivity contribution in [2.45, 2.75) is 97.8 Å². The molecule has 3 aliphatic carbocycles. The molecule has 3 heteroatoms. The molecule has 0 aliphatic heterocycles. The Bertz CT molecular complexity index is 542. The number of carboxylic acid groups (broad SMARTS) is 1. The highest BCUT2D eigenvalue weighted by molar-refractivity contribution is 5.87. The molecule has 26 heavy (non-hydrogen) atoms. The standard InChI is InChI=1S/C23H38O3/c1-4-5-6-7-16-14-17-18(22(2,15-16)12-11-21(25)26)10-13-23(3)19(17)8-9-20(23)24/h16-19H,4-15H2,1-3H3,(H,25,26)/t16-,17+,18-,19-,22-,23-/m0/s1. The molecule has 0 aromatic heterocycles. The van der Waals surface area contributed by atoms with Gasteiger partial charge in [0, 0.05) is 18.3 Å². The van der Waals surface area contributed by atoms with Gasteiger partial charge in [-0.05, 0) is 67.6 Å². The second-order valence-electron chi connectivity index (χ2n) is 10.1. The Morgan fingerprint density at radius 3 is 2.65 bits per heavy atom. The maximum absolute atomic E-state index is 12.6. The van der Waals surface area contributed by atoms with Gasteiger partial charge in [0.05, 0.1) is 0 Å². The van der Waals surface area contributed by atoms with E-state index >= 15 is 0 Å². The van der Waals surface area contributed by atoms with Crippen LogP contribution in [0.3, 0.4) is 0 Å². The number of carbonyl (C=O) groups is 2. The van der Waals surface area contributed by atoms with Gasteiger partial charge in [-0.25, -0.2) is 0 Å². The summed E-state index contributed by atoms with van der Waals surface area (Å²) in [4.78, 5) is 23.9. The lowest BCUT2D eigenvalue weighted by atomic mass is 9.47. The second-order valence-corrected chi connectivity index (χ2v) is 10.1. The van der Waals surface area contributed by atoms with Crippen LogP contribution < -0.4 is 0 Å². The molecule has 3 saturated carbocycles. The molecule has 6 atom stereocenters. The van der Waals surface area contributed by atoms with Crippen LogP contribution in [0.1, 0.15) is 97.8 Å². The van der Waals surface area contributed by atoms with Gasteiger partial charge in [0.1, 0.15) is 5.78 Å². The fourth-order valence-electron chi connectivity index (χ4n) is 7.11. The van der Waals surface area contributed by atoms with Gasteiger partial charge in [-0.3, -0.25) is 9.59 Å². The SMILES string of the molecule is CCCCC[C@H]1C[C@@H]2[C@H](CC[C@]3(C)C(=O)CC[C@@H]23)[C@@](C)(CCC(=O)O)C1. The van der Waals surface area contributed by atoms with Crippen molar-refractivity contribution in [2.75, 3.05) is 0 Å². The third-order valence-electron chi connectivity index (χ3n) is 8.53. The predicted octanol–water partition coefficient (Wildman–Crippen LogP) is 5.86. The first-order chi connectivity index (χ1) is 12.3. The summed E-state index contributed by atoms with van der Waals surface area (Å²) in [5.41, 5.74) is 0.0609. The van der Waals surface area contributed by atoms with Crippen LogP contribution in [-0.4, -0.2) is 16.9 Å². The Morgan fingerprint density at radius 2 is 1.96 bits per heavy atom. The normalized spacial score (nSPS) is 42.3. The summed E-state index contributed by atoms with van der Waals surface area (Å²) < 4.78 is 0. The summed E-state index contributed by atoms with van der Waals surface area (Å²) in [5, 5.41) is 9.28. The van der Waals surface area contributed by atoms with E-state index in [1.54, 1.807) is 0 Å². The fraction of sp³-hybridized carbons (Fsp3) is 0.913. The Hall–Kier alpha value is -0.860. The van der Waals surface area contributed by atoms with Gasteiger partial charge >= 0.3 is 5.97 Å². The highest BCUT2D eigenvalue weighted by Crippen LogP contribution is 2.63. The largest absolute Gasteiger partial charge is 0.481 e. The Morgan fingerprint density at radius 1 is 1.19 bits per heavy atom. The first-order valence-electron chi connectivity index (χ1n) is 11.1. The van der Waals surface area contributed by atoms with Gasteiger partial charge < -0.3 is 5.11 Å². The highest BCUT2D eigenvalue weighted by atomic mass is 16.4. The smallest absolute Gasteiger partial charge is 0.303 e. The van der Waals surface area contributed by atoms with Crippen molar-refractivity contribution in [2.24, 2.45) is 34.5 Å². The highest BCUT2D eigenvalue weighted by Gasteiger charge is 2.58. The lowest BCUT2D eigenvalue weighted by molar-refractivity contribution is -0.140. The van der Waals surface area contributed by atoms with E-state index < -0.39 is 5.97 Å². The Kier molecular flexibility index (Phi) is 5.84. The summed E-state index contributed by atoms with van der Waals surface area (Å²) in [6.07, 6.45) is 12.7. The molecule has 3 fully saturated rings. The molecule has 0 radical (unpaired) electrons. The zero-order chi connectivity index (χ0) is 18.9. The average Bonchev–Trinajstić information content (AvgIpc) is 2.89. The maximum Gasteiger partial charge on any atom is 0.303 e. The summed E-state index contributed by atoms with van der Waals surface area (Å²) in [5.74, 6) is 2.37. The molecule has 0 saturated heterocycles. The van der Waals surface area contributed by atoms with Crippen molar-refractivity contribution in [3.8, 4) is 0 Å².